The predicted molar refractivity (Wildman–Crippen MR) is 59.2 cm³/mol. The molecule has 0 aromatic heterocycles. The second-order valence-electron chi connectivity index (χ2n) is 5.97. The van der Waals surface area contributed by atoms with Crippen molar-refractivity contribution in [3.05, 3.63) is 0 Å². The first-order chi connectivity index (χ1) is 6.77. The van der Waals surface area contributed by atoms with Gasteiger partial charge in [0.05, 0.1) is 0 Å². The van der Waals surface area contributed by atoms with Crippen LogP contribution in [0, 0.1) is 11.8 Å². The van der Waals surface area contributed by atoms with Crippen molar-refractivity contribution in [2.45, 2.75) is 70.5 Å². The maximum Gasteiger partial charge on any atom is 0.0136 e. The quantitative estimate of drug-likeness (QED) is 0.651. The number of hydrogen-bond donors (Lipinski definition) is 0. The largest absolute Gasteiger partial charge is 0.294 e. The van der Waals surface area contributed by atoms with Crippen LogP contribution in [0.2, 0.25) is 0 Å². The maximum absolute atomic E-state index is 2.92. The molecular weight excluding hydrogens is 170 g/mol. The smallest absolute Gasteiger partial charge is 0.0136 e. The molecule has 0 aromatic rings. The first-order valence-electron chi connectivity index (χ1n) is 6.55. The molecule has 4 unspecified atom stereocenters. The average molecular weight is 193 g/mol. The molecule has 3 rings (SSSR count). The van der Waals surface area contributed by atoms with Crippen molar-refractivity contribution in [3.63, 3.8) is 0 Å². The number of fused-ring (bicyclic) bond motifs is 2. The molecule has 4 atom stereocenters. The molecule has 1 nitrogen and oxygen atoms in total. The van der Waals surface area contributed by atoms with E-state index in [-0.39, 0.29) is 0 Å². The lowest BCUT2D eigenvalue weighted by molar-refractivity contribution is 0.120. The van der Waals surface area contributed by atoms with Gasteiger partial charge in [-0.3, -0.25) is 4.90 Å². The van der Waals surface area contributed by atoms with Crippen LogP contribution < -0.4 is 0 Å². The molecule has 2 bridgehead atoms. The van der Waals surface area contributed by atoms with Crippen LogP contribution in [0.5, 0.6) is 0 Å². The Hall–Kier alpha value is -0.0400. The molecule has 1 saturated carbocycles. The van der Waals surface area contributed by atoms with Gasteiger partial charge in [-0.05, 0) is 43.9 Å². The third-order valence-corrected chi connectivity index (χ3v) is 4.80. The summed E-state index contributed by atoms with van der Waals surface area (Å²) in [4.78, 5) is 2.92. The lowest BCUT2D eigenvalue weighted by Gasteiger charge is -2.35. The Morgan fingerprint density at radius 3 is 2.14 bits per heavy atom. The van der Waals surface area contributed by atoms with Crippen LogP contribution in [0.4, 0.5) is 0 Å². The Morgan fingerprint density at radius 1 is 1.00 bits per heavy atom. The van der Waals surface area contributed by atoms with Gasteiger partial charge in [0.1, 0.15) is 0 Å². The van der Waals surface area contributed by atoms with E-state index >= 15 is 0 Å². The zero-order valence-corrected chi connectivity index (χ0v) is 9.58. The highest BCUT2D eigenvalue weighted by Crippen LogP contribution is 2.49. The monoisotopic (exact) mass is 193 g/mol. The standard InChI is InChI=1S/C13H23N/c1-9(2)12-8-13(12)14-10-4-3-5-11(14)7-6-10/h9-13H,3-8H2,1-2H3. The molecule has 1 aliphatic carbocycles. The van der Waals surface area contributed by atoms with Gasteiger partial charge in [0.2, 0.25) is 0 Å². The second-order valence-corrected chi connectivity index (χ2v) is 5.97. The van der Waals surface area contributed by atoms with Gasteiger partial charge >= 0.3 is 0 Å². The van der Waals surface area contributed by atoms with Crippen LogP contribution in [-0.4, -0.2) is 23.0 Å². The fourth-order valence-electron chi connectivity index (χ4n) is 3.96. The highest BCUT2D eigenvalue weighted by molar-refractivity contribution is 5.05. The molecule has 3 aliphatic rings. The van der Waals surface area contributed by atoms with Gasteiger partial charge in [0.25, 0.3) is 0 Å². The topological polar surface area (TPSA) is 3.24 Å². The van der Waals surface area contributed by atoms with Crippen molar-refractivity contribution in [2.24, 2.45) is 11.8 Å². The van der Waals surface area contributed by atoms with E-state index in [9.17, 15) is 0 Å². The van der Waals surface area contributed by atoms with Gasteiger partial charge in [-0.1, -0.05) is 20.3 Å². The zero-order chi connectivity index (χ0) is 9.71. The molecule has 80 valence electrons. The van der Waals surface area contributed by atoms with Crippen LogP contribution >= 0.6 is 0 Å². The molecule has 0 N–H and O–H groups in total. The SMILES string of the molecule is CC(C)C1CC1N1C2CCCC1CC2. The van der Waals surface area contributed by atoms with E-state index in [1.54, 1.807) is 0 Å². The molecule has 0 radical (unpaired) electrons. The maximum atomic E-state index is 2.92. The first kappa shape index (κ1) is 9.21. The fourth-order valence-corrected chi connectivity index (χ4v) is 3.96. The summed E-state index contributed by atoms with van der Waals surface area (Å²) in [5.41, 5.74) is 0. The number of hydrogen-bond acceptors (Lipinski definition) is 1. The molecule has 0 aromatic carbocycles. The summed E-state index contributed by atoms with van der Waals surface area (Å²) in [5, 5.41) is 0. The van der Waals surface area contributed by atoms with E-state index in [1.807, 2.05) is 0 Å². The molecule has 2 heterocycles. The Morgan fingerprint density at radius 2 is 1.64 bits per heavy atom. The Labute approximate surface area is 87.9 Å². The van der Waals surface area contributed by atoms with Crippen LogP contribution in [0.1, 0.15) is 52.4 Å². The highest BCUT2D eigenvalue weighted by atomic mass is 15.3. The number of piperidine rings is 1. The summed E-state index contributed by atoms with van der Waals surface area (Å²) in [7, 11) is 0. The Balaban J connectivity index is 1.69. The molecule has 0 spiro atoms. The van der Waals surface area contributed by atoms with Crippen molar-refractivity contribution < 1.29 is 0 Å². The minimum Gasteiger partial charge on any atom is -0.294 e. The fraction of sp³-hybridized carbons (Fsp3) is 1.00. The van der Waals surface area contributed by atoms with E-state index in [2.05, 4.69) is 18.7 Å². The third-order valence-electron chi connectivity index (χ3n) is 4.80. The molecule has 1 heteroatoms. The molecule has 14 heavy (non-hydrogen) atoms. The molecule has 2 aliphatic heterocycles. The normalized spacial score (nSPS) is 47.4. The summed E-state index contributed by atoms with van der Waals surface area (Å²) in [5.74, 6) is 1.96. The van der Waals surface area contributed by atoms with E-state index in [4.69, 9.17) is 0 Å². The van der Waals surface area contributed by atoms with E-state index < -0.39 is 0 Å². The summed E-state index contributed by atoms with van der Waals surface area (Å²) in [6.45, 7) is 4.80. The third kappa shape index (κ3) is 1.32. The Bertz CT molecular complexity index is 207. The number of rotatable bonds is 2. The van der Waals surface area contributed by atoms with Crippen molar-refractivity contribution in [3.8, 4) is 0 Å². The van der Waals surface area contributed by atoms with Crippen LogP contribution in [0.3, 0.4) is 0 Å². The summed E-state index contributed by atoms with van der Waals surface area (Å²) in [6, 6.07) is 2.97. The van der Waals surface area contributed by atoms with Crippen LogP contribution in [0.15, 0.2) is 0 Å². The zero-order valence-electron chi connectivity index (χ0n) is 9.58. The van der Waals surface area contributed by atoms with E-state index in [0.717, 1.165) is 30.0 Å². The average Bonchev–Trinajstić information content (AvgIpc) is 2.91. The van der Waals surface area contributed by atoms with Crippen molar-refractivity contribution in [1.82, 2.24) is 4.90 Å². The number of nitrogens with zero attached hydrogens (tertiary/aromatic N) is 1. The summed E-state index contributed by atoms with van der Waals surface area (Å²) < 4.78 is 0. The van der Waals surface area contributed by atoms with Crippen molar-refractivity contribution in [1.29, 1.82) is 0 Å². The van der Waals surface area contributed by atoms with Crippen LogP contribution in [0.25, 0.3) is 0 Å². The van der Waals surface area contributed by atoms with Crippen LogP contribution in [-0.2, 0) is 0 Å². The summed E-state index contributed by atoms with van der Waals surface area (Å²) in [6.07, 6.45) is 9.02. The Kier molecular flexibility index (Phi) is 2.12. The van der Waals surface area contributed by atoms with E-state index in [1.165, 1.54) is 38.5 Å². The lowest BCUT2D eigenvalue weighted by Crippen LogP contribution is -2.42. The van der Waals surface area contributed by atoms with Gasteiger partial charge in [0.15, 0.2) is 0 Å². The predicted octanol–water partition coefficient (Wildman–Crippen LogP) is 3.05. The van der Waals surface area contributed by atoms with Crippen molar-refractivity contribution >= 4 is 0 Å². The van der Waals surface area contributed by atoms with Gasteiger partial charge < -0.3 is 0 Å². The molecular formula is C13H23N. The molecule has 3 fully saturated rings. The first-order valence-corrected chi connectivity index (χ1v) is 6.55. The lowest BCUT2D eigenvalue weighted by atomic mass is 10.0. The minimum absolute atomic E-state index is 0.918. The molecule has 0 amide bonds. The van der Waals surface area contributed by atoms with Crippen molar-refractivity contribution in [2.75, 3.05) is 0 Å². The van der Waals surface area contributed by atoms with Gasteiger partial charge in [-0.2, -0.15) is 0 Å². The van der Waals surface area contributed by atoms with E-state index in [0.29, 0.717) is 0 Å². The van der Waals surface area contributed by atoms with Gasteiger partial charge in [-0.15, -0.1) is 0 Å². The van der Waals surface area contributed by atoms with Gasteiger partial charge in [-0.25, -0.2) is 0 Å². The minimum atomic E-state index is 0.918. The second kappa shape index (κ2) is 3.23. The van der Waals surface area contributed by atoms with Gasteiger partial charge in [0, 0.05) is 18.1 Å². The summed E-state index contributed by atoms with van der Waals surface area (Å²) >= 11 is 0. The molecule has 2 saturated heterocycles. The highest BCUT2D eigenvalue weighted by Gasteiger charge is 2.50.